The van der Waals surface area contributed by atoms with Crippen LogP contribution in [0.3, 0.4) is 0 Å². The van der Waals surface area contributed by atoms with Crippen LogP contribution >= 0.6 is 11.3 Å². The number of para-hydroxylation sites is 1. The Kier molecular flexibility index (Phi) is 4.43. The smallest absolute Gasteiger partial charge is 0.321 e. The van der Waals surface area contributed by atoms with E-state index in [0.29, 0.717) is 12.5 Å². The summed E-state index contributed by atoms with van der Waals surface area (Å²) < 4.78 is 0. The molecule has 1 aliphatic rings. The van der Waals surface area contributed by atoms with Crippen LogP contribution < -0.4 is 10.2 Å². The predicted molar refractivity (Wildman–Crippen MR) is 90.8 cm³/mol. The number of hydrogen-bond acceptors (Lipinski definition) is 3. The Morgan fingerprint density at radius 2 is 2.27 bits per heavy atom. The number of fused-ring (bicyclic) bond motifs is 1. The molecular weight excluding hydrogens is 294 g/mol. The first kappa shape index (κ1) is 15.0. The molecule has 1 aromatic heterocycles. The molecule has 0 aliphatic carbocycles. The molecule has 0 saturated heterocycles. The summed E-state index contributed by atoms with van der Waals surface area (Å²) in [5.74, 6) is 0.512. The van der Waals surface area contributed by atoms with Crippen LogP contribution in [0.25, 0.3) is 0 Å². The van der Waals surface area contributed by atoms with E-state index >= 15 is 0 Å². The van der Waals surface area contributed by atoms with Crippen molar-refractivity contribution in [3.63, 3.8) is 0 Å². The fraction of sp³-hybridized carbons (Fsp3) is 0.412. The number of nitrogens with zero attached hydrogens (tertiary/aromatic N) is 2. The number of rotatable bonds is 3. The lowest BCUT2D eigenvalue weighted by Gasteiger charge is -2.32. The van der Waals surface area contributed by atoms with E-state index in [1.807, 2.05) is 30.0 Å². The summed E-state index contributed by atoms with van der Waals surface area (Å²) >= 11 is 1.65. The molecule has 3 rings (SSSR count). The van der Waals surface area contributed by atoms with Gasteiger partial charge in [-0.15, -0.1) is 11.3 Å². The summed E-state index contributed by atoms with van der Waals surface area (Å²) in [5.41, 5.74) is 3.36. The SMILES string of the molecule is Cc1nc(CCNC(=O)N2CC[C@H](C)c3ccccc32)cs1. The Labute approximate surface area is 135 Å². The van der Waals surface area contributed by atoms with Gasteiger partial charge in [-0.3, -0.25) is 4.90 Å². The summed E-state index contributed by atoms with van der Waals surface area (Å²) in [7, 11) is 0. The number of hydrogen-bond donors (Lipinski definition) is 1. The van der Waals surface area contributed by atoms with E-state index in [-0.39, 0.29) is 6.03 Å². The van der Waals surface area contributed by atoms with Crippen LogP contribution in [0, 0.1) is 6.92 Å². The van der Waals surface area contributed by atoms with Crippen molar-refractivity contribution in [2.45, 2.75) is 32.6 Å². The first-order chi connectivity index (χ1) is 10.6. The van der Waals surface area contributed by atoms with Crippen LogP contribution in [-0.4, -0.2) is 24.1 Å². The van der Waals surface area contributed by atoms with Gasteiger partial charge in [-0.2, -0.15) is 0 Å². The van der Waals surface area contributed by atoms with Gasteiger partial charge in [-0.05, 0) is 30.9 Å². The van der Waals surface area contributed by atoms with E-state index in [2.05, 4.69) is 28.7 Å². The van der Waals surface area contributed by atoms with Gasteiger partial charge in [0.1, 0.15) is 0 Å². The van der Waals surface area contributed by atoms with Gasteiger partial charge < -0.3 is 5.32 Å². The quantitative estimate of drug-likeness (QED) is 0.938. The minimum atomic E-state index is -0.00805. The van der Waals surface area contributed by atoms with Gasteiger partial charge in [0.15, 0.2) is 0 Å². The molecule has 0 unspecified atom stereocenters. The van der Waals surface area contributed by atoms with Crippen molar-refractivity contribution in [2.24, 2.45) is 0 Å². The Morgan fingerprint density at radius 3 is 3.05 bits per heavy atom. The monoisotopic (exact) mass is 315 g/mol. The largest absolute Gasteiger partial charge is 0.337 e. The topological polar surface area (TPSA) is 45.2 Å². The zero-order chi connectivity index (χ0) is 15.5. The number of carbonyl (C=O) groups is 1. The van der Waals surface area contributed by atoms with Gasteiger partial charge in [0.05, 0.1) is 10.7 Å². The van der Waals surface area contributed by atoms with Gasteiger partial charge in [-0.1, -0.05) is 25.1 Å². The van der Waals surface area contributed by atoms with Crippen LogP contribution in [0.5, 0.6) is 0 Å². The molecule has 2 amide bonds. The Bertz CT molecular complexity index is 667. The van der Waals surface area contributed by atoms with Crippen molar-refractivity contribution in [1.82, 2.24) is 10.3 Å². The molecule has 5 heteroatoms. The highest BCUT2D eigenvalue weighted by Gasteiger charge is 2.25. The van der Waals surface area contributed by atoms with Crippen molar-refractivity contribution in [3.05, 3.63) is 45.9 Å². The lowest BCUT2D eigenvalue weighted by molar-refractivity contribution is 0.245. The van der Waals surface area contributed by atoms with Crippen molar-refractivity contribution < 1.29 is 4.79 Å². The summed E-state index contributed by atoms with van der Waals surface area (Å²) in [5, 5.41) is 6.14. The molecule has 0 fully saturated rings. The Hall–Kier alpha value is -1.88. The number of benzene rings is 1. The van der Waals surface area contributed by atoms with Crippen LogP contribution in [0.1, 0.15) is 35.5 Å². The van der Waals surface area contributed by atoms with Crippen molar-refractivity contribution in [1.29, 1.82) is 0 Å². The number of carbonyl (C=O) groups excluding carboxylic acids is 1. The van der Waals surface area contributed by atoms with Gasteiger partial charge in [0.2, 0.25) is 0 Å². The summed E-state index contributed by atoms with van der Waals surface area (Å²) in [6.45, 7) is 5.62. The van der Waals surface area contributed by atoms with E-state index in [1.165, 1.54) is 5.56 Å². The third-order valence-electron chi connectivity index (χ3n) is 4.11. The van der Waals surface area contributed by atoms with Gasteiger partial charge >= 0.3 is 6.03 Å². The van der Waals surface area contributed by atoms with Crippen molar-refractivity contribution in [3.8, 4) is 0 Å². The molecule has 1 N–H and O–H groups in total. The number of urea groups is 1. The highest BCUT2D eigenvalue weighted by Crippen LogP contribution is 2.34. The maximum atomic E-state index is 12.5. The zero-order valence-electron chi connectivity index (χ0n) is 13.0. The average molecular weight is 315 g/mol. The van der Waals surface area contributed by atoms with E-state index in [4.69, 9.17) is 0 Å². The number of anilines is 1. The second-order valence-corrected chi connectivity index (χ2v) is 6.80. The lowest BCUT2D eigenvalue weighted by atomic mass is 9.92. The first-order valence-electron chi connectivity index (χ1n) is 7.70. The van der Waals surface area contributed by atoms with E-state index in [0.717, 1.165) is 35.8 Å². The molecule has 0 radical (unpaired) electrons. The van der Waals surface area contributed by atoms with E-state index < -0.39 is 0 Å². The molecular formula is C17H21N3OS. The second kappa shape index (κ2) is 6.48. The van der Waals surface area contributed by atoms with Gasteiger partial charge in [0.25, 0.3) is 0 Å². The molecule has 0 spiro atoms. The summed E-state index contributed by atoms with van der Waals surface area (Å²) in [6.07, 6.45) is 1.79. The Morgan fingerprint density at radius 1 is 1.45 bits per heavy atom. The Balaban J connectivity index is 1.62. The zero-order valence-corrected chi connectivity index (χ0v) is 13.8. The fourth-order valence-corrected chi connectivity index (χ4v) is 3.52. The predicted octanol–water partition coefficient (Wildman–Crippen LogP) is 3.72. The molecule has 0 bridgehead atoms. The van der Waals surface area contributed by atoms with Crippen LogP contribution in [0.15, 0.2) is 29.6 Å². The van der Waals surface area contributed by atoms with Gasteiger partial charge in [-0.25, -0.2) is 9.78 Å². The first-order valence-corrected chi connectivity index (χ1v) is 8.58. The standard InChI is InChI=1S/C17H21N3OS/c1-12-8-10-20(16-6-4-3-5-15(12)16)17(21)18-9-7-14-11-22-13(2)19-14/h3-6,11-12H,7-10H2,1-2H3,(H,18,21)/t12-/m0/s1. The van der Waals surface area contributed by atoms with Crippen LogP contribution in [0.4, 0.5) is 10.5 Å². The molecule has 0 saturated carbocycles. The van der Waals surface area contributed by atoms with E-state index in [1.54, 1.807) is 11.3 Å². The maximum absolute atomic E-state index is 12.5. The number of amides is 2. The second-order valence-electron chi connectivity index (χ2n) is 5.74. The van der Waals surface area contributed by atoms with Crippen LogP contribution in [-0.2, 0) is 6.42 Å². The highest BCUT2D eigenvalue weighted by molar-refractivity contribution is 7.09. The van der Waals surface area contributed by atoms with Crippen LogP contribution in [0.2, 0.25) is 0 Å². The third kappa shape index (κ3) is 3.14. The highest BCUT2D eigenvalue weighted by atomic mass is 32.1. The number of thiazole rings is 1. The molecule has 2 aromatic rings. The number of aromatic nitrogens is 1. The van der Waals surface area contributed by atoms with E-state index in [9.17, 15) is 4.79 Å². The number of nitrogens with one attached hydrogen (secondary N) is 1. The number of aryl methyl sites for hydroxylation is 1. The molecule has 1 aliphatic heterocycles. The average Bonchev–Trinajstić information content (AvgIpc) is 2.93. The van der Waals surface area contributed by atoms with Crippen molar-refractivity contribution >= 4 is 23.1 Å². The van der Waals surface area contributed by atoms with Gasteiger partial charge in [0, 0.05) is 30.6 Å². The maximum Gasteiger partial charge on any atom is 0.321 e. The minimum absolute atomic E-state index is 0.00805. The molecule has 1 atom stereocenters. The fourth-order valence-electron chi connectivity index (χ4n) is 2.88. The molecule has 116 valence electrons. The molecule has 1 aromatic carbocycles. The summed E-state index contributed by atoms with van der Waals surface area (Å²) in [6, 6.07) is 8.19. The lowest BCUT2D eigenvalue weighted by Crippen LogP contribution is -2.43. The normalized spacial score (nSPS) is 17.2. The van der Waals surface area contributed by atoms with Crippen molar-refractivity contribution in [2.75, 3.05) is 18.0 Å². The molecule has 4 nitrogen and oxygen atoms in total. The minimum Gasteiger partial charge on any atom is -0.337 e. The summed E-state index contributed by atoms with van der Waals surface area (Å²) in [4.78, 5) is 18.7. The molecule has 2 heterocycles. The molecule has 22 heavy (non-hydrogen) atoms. The third-order valence-corrected chi connectivity index (χ3v) is 4.94.